The Hall–Kier alpha value is -2.21. The van der Waals surface area contributed by atoms with E-state index in [2.05, 4.69) is 20.7 Å². The molecule has 0 bridgehead atoms. The van der Waals surface area contributed by atoms with Gasteiger partial charge >= 0.3 is 0 Å². The molecular formula is C13H15N5O. The number of carbonyl (C=O) groups is 1. The van der Waals surface area contributed by atoms with Crippen LogP contribution in [0.3, 0.4) is 0 Å². The predicted octanol–water partition coefficient (Wildman–Crippen LogP) is 0.815. The Bertz CT molecular complexity index is 560. The lowest BCUT2D eigenvalue weighted by Crippen LogP contribution is -2.25. The zero-order chi connectivity index (χ0) is 13.1. The highest BCUT2D eigenvalue weighted by Crippen LogP contribution is 2.18. The van der Waals surface area contributed by atoms with E-state index in [-0.39, 0.29) is 11.8 Å². The zero-order valence-corrected chi connectivity index (χ0v) is 10.4. The number of pyridine rings is 1. The molecule has 1 fully saturated rings. The molecule has 6 nitrogen and oxygen atoms in total. The molecule has 2 aromatic rings. The van der Waals surface area contributed by atoms with Crippen molar-refractivity contribution in [2.75, 3.05) is 18.4 Å². The predicted molar refractivity (Wildman–Crippen MR) is 71.0 cm³/mol. The molecule has 0 saturated carbocycles. The Labute approximate surface area is 110 Å². The van der Waals surface area contributed by atoms with Crippen molar-refractivity contribution >= 4 is 11.6 Å². The summed E-state index contributed by atoms with van der Waals surface area (Å²) in [6.45, 7) is 1.64. The van der Waals surface area contributed by atoms with Crippen LogP contribution in [0.2, 0.25) is 0 Å². The Morgan fingerprint density at radius 1 is 1.42 bits per heavy atom. The number of aromatic nitrogens is 3. The monoisotopic (exact) mass is 257 g/mol. The lowest BCUT2D eigenvalue weighted by atomic mass is 10.1. The minimum absolute atomic E-state index is 0.0330. The van der Waals surface area contributed by atoms with Crippen LogP contribution in [-0.2, 0) is 4.79 Å². The number of nitrogens with one attached hydrogen (secondary N) is 2. The van der Waals surface area contributed by atoms with Gasteiger partial charge < -0.3 is 10.6 Å². The topological polar surface area (TPSA) is 71.8 Å². The molecule has 0 aliphatic carbocycles. The van der Waals surface area contributed by atoms with Gasteiger partial charge in [0, 0.05) is 25.1 Å². The Kier molecular flexibility index (Phi) is 3.24. The van der Waals surface area contributed by atoms with Gasteiger partial charge in [0.2, 0.25) is 5.91 Å². The van der Waals surface area contributed by atoms with Gasteiger partial charge in [-0.2, -0.15) is 5.10 Å². The lowest BCUT2D eigenvalue weighted by molar-refractivity contribution is -0.119. The zero-order valence-electron chi connectivity index (χ0n) is 10.4. The molecular weight excluding hydrogens is 242 g/mol. The van der Waals surface area contributed by atoms with Crippen molar-refractivity contribution < 1.29 is 4.79 Å². The molecule has 1 saturated heterocycles. The Morgan fingerprint density at radius 3 is 3.11 bits per heavy atom. The maximum absolute atomic E-state index is 12.1. The summed E-state index contributed by atoms with van der Waals surface area (Å²) in [5.74, 6) is 0.698. The summed E-state index contributed by atoms with van der Waals surface area (Å²) in [6.07, 6.45) is 6.04. The van der Waals surface area contributed by atoms with Crippen molar-refractivity contribution in [3.8, 4) is 5.82 Å². The molecule has 1 aliphatic heterocycles. The molecule has 0 radical (unpaired) electrons. The average Bonchev–Trinajstić information content (AvgIpc) is 3.13. The molecule has 1 unspecified atom stereocenters. The van der Waals surface area contributed by atoms with Crippen molar-refractivity contribution in [1.82, 2.24) is 20.1 Å². The normalized spacial score (nSPS) is 18.4. The summed E-state index contributed by atoms with van der Waals surface area (Å²) in [7, 11) is 0. The van der Waals surface area contributed by atoms with E-state index in [0.29, 0.717) is 11.5 Å². The van der Waals surface area contributed by atoms with Gasteiger partial charge in [0.15, 0.2) is 5.82 Å². The molecule has 2 N–H and O–H groups in total. The number of hydrogen-bond donors (Lipinski definition) is 2. The maximum Gasteiger partial charge on any atom is 0.228 e. The fraction of sp³-hybridized carbons (Fsp3) is 0.308. The molecule has 0 aromatic carbocycles. The van der Waals surface area contributed by atoms with Gasteiger partial charge in [-0.25, -0.2) is 9.67 Å². The second-order valence-electron chi connectivity index (χ2n) is 4.50. The van der Waals surface area contributed by atoms with Gasteiger partial charge in [-0.05, 0) is 31.2 Å². The first-order valence-corrected chi connectivity index (χ1v) is 6.31. The van der Waals surface area contributed by atoms with Gasteiger partial charge in [-0.1, -0.05) is 0 Å². The fourth-order valence-corrected chi connectivity index (χ4v) is 2.18. The van der Waals surface area contributed by atoms with E-state index in [4.69, 9.17) is 0 Å². The second kappa shape index (κ2) is 5.19. The number of amides is 1. The van der Waals surface area contributed by atoms with Crippen molar-refractivity contribution in [2.45, 2.75) is 6.42 Å². The highest BCUT2D eigenvalue weighted by atomic mass is 16.1. The maximum atomic E-state index is 12.1. The van der Waals surface area contributed by atoms with Crippen LogP contribution < -0.4 is 10.6 Å². The van der Waals surface area contributed by atoms with Crippen molar-refractivity contribution in [3.63, 3.8) is 0 Å². The van der Waals surface area contributed by atoms with Crippen LogP contribution in [0.25, 0.3) is 5.82 Å². The summed E-state index contributed by atoms with van der Waals surface area (Å²) in [4.78, 5) is 16.4. The number of carbonyl (C=O) groups excluding carboxylic acids is 1. The molecule has 19 heavy (non-hydrogen) atoms. The minimum Gasteiger partial charge on any atom is -0.323 e. The van der Waals surface area contributed by atoms with Crippen LogP contribution in [0.4, 0.5) is 5.69 Å². The van der Waals surface area contributed by atoms with Crippen molar-refractivity contribution in [3.05, 3.63) is 36.8 Å². The Morgan fingerprint density at radius 2 is 2.37 bits per heavy atom. The quantitative estimate of drug-likeness (QED) is 0.853. The highest BCUT2D eigenvalue weighted by Gasteiger charge is 2.23. The molecule has 3 heterocycles. The van der Waals surface area contributed by atoms with Gasteiger partial charge in [0.05, 0.1) is 11.6 Å². The van der Waals surface area contributed by atoms with Gasteiger partial charge in [0.25, 0.3) is 0 Å². The number of nitrogens with zero attached hydrogens (tertiary/aromatic N) is 3. The van der Waals surface area contributed by atoms with Crippen LogP contribution in [0.1, 0.15) is 6.42 Å². The van der Waals surface area contributed by atoms with Crippen LogP contribution in [0.5, 0.6) is 0 Å². The van der Waals surface area contributed by atoms with Gasteiger partial charge in [-0.15, -0.1) is 0 Å². The van der Waals surface area contributed by atoms with E-state index in [1.165, 1.54) is 0 Å². The molecule has 0 spiro atoms. The highest BCUT2D eigenvalue weighted by molar-refractivity contribution is 5.94. The van der Waals surface area contributed by atoms with Crippen LogP contribution in [-0.4, -0.2) is 33.8 Å². The standard InChI is InChI=1S/C13H15N5O/c19-13(10-4-7-14-9-10)17-11-3-1-5-15-12(11)18-8-2-6-16-18/h1-3,5-6,8,10,14H,4,7,9H2,(H,17,19). The van der Waals surface area contributed by atoms with Crippen LogP contribution in [0.15, 0.2) is 36.8 Å². The molecule has 6 heteroatoms. The largest absolute Gasteiger partial charge is 0.323 e. The van der Waals surface area contributed by atoms with E-state index in [1.807, 2.05) is 12.1 Å². The third-order valence-electron chi connectivity index (χ3n) is 3.20. The van der Waals surface area contributed by atoms with Crippen molar-refractivity contribution in [2.24, 2.45) is 5.92 Å². The minimum atomic E-state index is 0.0330. The van der Waals surface area contributed by atoms with Crippen LogP contribution >= 0.6 is 0 Å². The number of rotatable bonds is 3. The third kappa shape index (κ3) is 2.48. The van der Waals surface area contributed by atoms with E-state index in [0.717, 1.165) is 19.5 Å². The number of anilines is 1. The first-order chi connectivity index (χ1) is 9.34. The molecule has 1 atom stereocenters. The Balaban J connectivity index is 1.83. The molecule has 98 valence electrons. The molecule has 1 amide bonds. The molecule has 1 aliphatic rings. The van der Waals surface area contributed by atoms with E-state index >= 15 is 0 Å². The third-order valence-corrected chi connectivity index (χ3v) is 3.20. The van der Waals surface area contributed by atoms with E-state index in [1.54, 1.807) is 29.3 Å². The second-order valence-corrected chi connectivity index (χ2v) is 4.50. The first-order valence-electron chi connectivity index (χ1n) is 6.31. The van der Waals surface area contributed by atoms with Crippen LogP contribution in [0, 0.1) is 5.92 Å². The van der Waals surface area contributed by atoms with Gasteiger partial charge in [-0.3, -0.25) is 4.79 Å². The van der Waals surface area contributed by atoms with Gasteiger partial charge in [0.1, 0.15) is 0 Å². The van der Waals surface area contributed by atoms with Crippen molar-refractivity contribution in [1.29, 1.82) is 0 Å². The SMILES string of the molecule is O=C(Nc1cccnc1-n1cccn1)C1CCNC1. The first kappa shape index (κ1) is 11.9. The summed E-state index contributed by atoms with van der Waals surface area (Å²) in [6, 6.07) is 5.46. The van der Waals surface area contributed by atoms with E-state index < -0.39 is 0 Å². The smallest absolute Gasteiger partial charge is 0.228 e. The lowest BCUT2D eigenvalue weighted by Gasteiger charge is -2.12. The summed E-state index contributed by atoms with van der Waals surface area (Å²) < 4.78 is 1.64. The van der Waals surface area contributed by atoms with E-state index in [9.17, 15) is 4.79 Å². The molecule has 2 aromatic heterocycles. The average molecular weight is 257 g/mol. The molecule has 3 rings (SSSR count). The summed E-state index contributed by atoms with van der Waals surface area (Å²) in [5, 5.41) is 10.3. The number of hydrogen-bond acceptors (Lipinski definition) is 4. The summed E-state index contributed by atoms with van der Waals surface area (Å²) >= 11 is 0. The summed E-state index contributed by atoms with van der Waals surface area (Å²) in [5.41, 5.74) is 0.683. The fourth-order valence-electron chi connectivity index (χ4n) is 2.18.